The lowest BCUT2D eigenvalue weighted by atomic mass is 9.76. The molecule has 0 radical (unpaired) electrons. The Morgan fingerprint density at radius 1 is 1.18 bits per heavy atom. The second-order valence-corrected chi connectivity index (χ2v) is 9.07. The van der Waals surface area contributed by atoms with E-state index < -0.39 is 0 Å². The summed E-state index contributed by atoms with van der Waals surface area (Å²) in [6.07, 6.45) is 6.02. The molecule has 4 rings (SSSR count). The molecule has 1 atom stereocenters. The molecule has 3 heterocycles. The van der Waals surface area contributed by atoms with Crippen LogP contribution < -0.4 is 4.74 Å². The van der Waals surface area contributed by atoms with E-state index >= 15 is 0 Å². The molecule has 3 aliphatic rings. The average molecular weight is 387 g/mol. The van der Waals surface area contributed by atoms with Gasteiger partial charge in [0.1, 0.15) is 11.4 Å². The van der Waals surface area contributed by atoms with E-state index in [-0.39, 0.29) is 17.4 Å². The van der Waals surface area contributed by atoms with Crippen molar-refractivity contribution in [2.75, 3.05) is 46.9 Å². The van der Waals surface area contributed by atoms with Crippen LogP contribution >= 0.6 is 0 Å². The minimum Gasteiger partial charge on any atom is -0.487 e. The van der Waals surface area contributed by atoms with Gasteiger partial charge in [0.15, 0.2) is 0 Å². The van der Waals surface area contributed by atoms with E-state index in [9.17, 15) is 4.79 Å². The molecule has 3 aliphatic heterocycles. The maximum Gasteiger partial charge on any atom is 0.222 e. The molecule has 2 saturated heterocycles. The molecule has 0 N–H and O–H groups in total. The van der Waals surface area contributed by atoms with Gasteiger partial charge in [0, 0.05) is 59.3 Å². The first-order valence-corrected chi connectivity index (χ1v) is 10.8. The molecule has 0 aromatic heterocycles. The number of carbonyl (C=O) groups excluding carboxylic acids is 1. The minimum atomic E-state index is -0.113. The highest BCUT2D eigenvalue weighted by Crippen LogP contribution is 2.46. The van der Waals surface area contributed by atoms with Crippen molar-refractivity contribution >= 4 is 5.91 Å². The summed E-state index contributed by atoms with van der Waals surface area (Å²) in [4.78, 5) is 16.8. The molecule has 0 aliphatic carbocycles. The van der Waals surface area contributed by atoms with Crippen LogP contribution in [0.3, 0.4) is 0 Å². The monoisotopic (exact) mass is 386 g/mol. The number of likely N-dealkylation sites (tertiary alicyclic amines) is 1. The number of nitrogens with zero attached hydrogens (tertiary/aromatic N) is 2. The largest absolute Gasteiger partial charge is 0.487 e. The Morgan fingerprint density at radius 2 is 1.89 bits per heavy atom. The van der Waals surface area contributed by atoms with Crippen molar-refractivity contribution < 1.29 is 14.3 Å². The molecule has 28 heavy (non-hydrogen) atoms. The topological polar surface area (TPSA) is 42.0 Å². The summed E-state index contributed by atoms with van der Waals surface area (Å²) in [6, 6.07) is 8.32. The van der Waals surface area contributed by atoms with Crippen molar-refractivity contribution in [1.29, 1.82) is 0 Å². The van der Waals surface area contributed by atoms with Crippen LogP contribution in [0.25, 0.3) is 0 Å². The lowest BCUT2D eigenvalue weighted by Gasteiger charge is -2.47. The molecule has 1 aromatic carbocycles. The number of hydrogen-bond donors (Lipinski definition) is 0. The molecule has 5 heteroatoms. The van der Waals surface area contributed by atoms with E-state index in [4.69, 9.17) is 9.47 Å². The number of rotatable bonds is 4. The molecule has 5 nitrogen and oxygen atoms in total. The Bertz CT molecular complexity index is 676. The number of hydrogen-bond acceptors (Lipinski definition) is 4. The SMILES string of the molecule is CN(C)C(=O)C[C@H]1CC2(CCN(CC3CCOCC3)CC2)Oc2ccccc21. The molecular formula is C23H34N2O3. The number of para-hydroxylation sites is 1. The summed E-state index contributed by atoms with van der Waals surface area (Å²) in [5.74, 6) is 2.22. The molecule has 0 saturated carbocycles. The molecular weight excluding hydrogens is 352 g/mol. The zero-order chi connectivity index (χ0) is 19.6. The minimum absolute atomic E-state index is 0.113. The van der Waals surface area contributed by atoms with Crippen molar-refractivity contribution in [3.8, 4) is 5.75 Å². The van der Waals surface area contributed by atoms with Crippen molar-refractivity contribution in [1.82, 2.24) is 9.80 Å². The van der Waals surface area contributed by atoms with E-state index in [0.717, 1.165) is 57.2 Å². The van der Waals surface area contributed by atoms with Gasteiger partial charge in [0.05, 0.1) is 0 Å². The van der Waals surface area contributed by atoms with Gasteiger partial charge in [-0.25, -0.2) is 0 Å². The molecule has 1 amide bonds. The normalized spacial score (nSPS) is 25.1. The smallest absolute Gasteiger partial charge is 0.222 e. The number of fused-ring (bicyclic) bond motifs is 1. The predicted molar refractivity (Wildman–Crippen MR) is 110 cm³/mol. The van der Waals surface area contributed by atoms with E-state index in [1.54, 1.807) is 4.90 Å². The summed E-state index contributed by atoms with van der Waals surface area (Å²) in [7, 11) is 3.69. The second-order valence-electron chi connectivity index (χ2n) is 9.07. The summed E-state index contributed by atoms with van der Waals surface area (Å²) >= 11 is 0. The molecule has 2 fully saturated rings. The van der Waals surface area contributed by atoms with Gasteiger partial charge >= 0.3 is 0 Å². The van der Waals surface area contributed by atoms with Crippen LogP contribution in [0, 0.1) is 5.92 Å². The van der Waals surface area contributed by atoms with Crippen LogP contribution in [0.1, 0.15) is 50.0 Å². The lowest BCUT2D eigenvalue weighted by molar-refractivity contribution is -0.129. The predicted octanol–water partition coefficient (Wildman–Crippen LogP) is 3.29. The summed E-state index contributed by atoms with van der Waals surface area (Å²) in [5, 5.41) is 0. The highest BCUT2D eigenvalue weighted by molar-refractivity contribution is 5.76. The standard InChI is InChI=1S/C23H34N2O3/c1-24(2)22(26)15-19-16-23(28-21-6-4-3-5-20(19)21)9-11-25(12-10-23)17-18-7-13-27-14-8-18/h3-6,18-19H,7-17H2,1-2H3/t19-/m0/s1. The van der Waals surface area contributed by atoms with Gasteiger partial charge in [-0.2, -0.15) is 0 Å². The third kappa shape index (κ3) is 4.36. The van der Waals surface area contributed by atoms with Gasteiger partial charge in [-0.15, -0.1) is 0 Å². The van der Waals surface area contributed by atoms with Crippen molar-refractivity contribution in [3.63, 3.8) is 0 Å². The fraction of sp³-hybridized carbons (Fsp3) is 0.696. The van der Waals surface area contributed by atoms with Crippen molar-refractivity contribution in [2.24, 2.45) is 5.92 Å². The Morgan fingerprint density at radius 3 is 2.61 bits per heavy atom. The second kappa shape index (κ2) is 8.42. The van der Waals surface area contributed by atoms with E-state index in [2.05, 4.69) is 23.1 Å². The van der Waals surface area contributed by atoms with Crippen molar-refractivity contribution in [2.45, 2.75) is 50.0 Å². The van der Waals surface area contributed by atoms with Crippen molar-refractivity contribution in [3.05, 3.63) is 29.8 Å². The zero-order valence-corrected chi connectivity index (χ0v) is 17.4. The highest BCUT2D eigenvalue weighted by atomic mass is 16.5. The lowest BCUT2D eigenvalue weighted by Crippen LogP contribution is -2.51. The number of benzene rings is 1. The Labute approximate surface area is 169 Å². The van der Waals surface area contributed by atoms with Crippen LogP contribution in [-0.4, -0.2) is 68.3 Å². The maximum absolute atomic E-state index is 12.4. The Kier molecular flexibility index (Phi) is 5.93. The molecule has 1 spiro atoms. The number of amides is 1. The van der Waals surface area contributed by atoms with Gasteiger partial charge in [-0.1, -0.05) is 18.2 Å². The van der Waals surface area contributed by atoms with Crippen LogP contribution in [-0.2, 0) is 9.53 Å². The van der Waals surface area contributed by atoms with Crippen LogP contribution in [0.4, 0.5) is 0 Å². The van der Waals surface area contributed by atoms with Gasteiger partial charge in [-0.3, -0.25) is 4.79 Å². The quantitative estimate of drug-likeness (QED) is 0.796. The van der Waals surface area contributed by atoms with E-state index in [0.29, 0.717) is 6.42 Å². The maximum atomic E-state index is 12.4. The summed E-state index contributed by atoms with van der Waals surface area (Å²) < 4.78 is 12.1. The fourth-order valence-corrected chi connectivity index (χ4v) is 5.06. The first-order valence-electron chi connectivity index (χ1n) is 10.8. The average Bonchev–Trinajstić information content (AvgIpc) is 2.70. The Balaban J connectivity index is 1.43. The van der Waals surface area contributed by atoms with Gasteiger partial charge in [-0.05, 0) is 49.7 Å². The van der Waals surface area contributed by atoms with E-state index in [1.165, 1.54) is 24.9 Å². The molecule has 154 valence electrons. The van der Waals surface area contributed by atoms with Crippen LogP contribution in [0.15, 0.2) is 24.3 Å². The molecule has 1 aromatic rings. The third-order valence-corrected chi connectivity index (χ3v) is 6.85. The summed E-state index contributed by atoms with van der Waals surface area (Å²) in [5.41, 5.74) is 1.09. The van der Waals surface area contributed by atoms with Gasteiger partial charge in [0.2, 0.25) is 5.91 Å². The first-order chi connectivity index (χ1) is 13.5. The van der Waals surface area contributed by atoms with Crippen LogP contribution in [0.2, 0.25) is 0 Å². The van der Waals surface area contributed by atoms with E-state index in [1.807, 2.05) is 20.2 Å². The first kappa shape index (κ1) is 19.7. The fourth-order valence-electron chi connectivity index (χ4n) is 5.06. The van der Waals surface area contributed by atoms with Gasteiger partial charge in [0.25, 0.3) is 0 Å². The molecule has 0 bridgehead atoms. The Hall–Kier alpha value is -1.59. The molecule has 0 unspecified atom stereocenters. The number of carbonyl (C=O) groups is 1. The number of ether oxygens (including phenoxy) is 2. The summed E-state index contributed by atoms with van der Waals surface area (Å²) in [6.45, 7) is 5.22. The highest BCUT2D eigenvalue weighted by Gasteiger charge is 2.43. The third-order valence-electron chi connectivity index (χ3n) is 6.85. The number of piperidine rings is 1. The van der Waals surface area contributed by atoms with Gasteiger partial charge < -0.3 is 19.3 Å². The van der Waals surface area contributed by atoms with Crippen LogP contribution in [0.5, 0.6) is 5.75 Å². The zero-order valence-electron chi connectivity index (χ0n) is 17.4.